The molecule has 0 aromatic heterocycles. The number of Topliss-reactive ketones (excluding diaryl/α,β-unsaturated/α-hetero) is 1. The fraction of sp³-hybridized carbons (Fsp3) is 0.591. The predicted octanol–water partition coefficient (Wildman–Crippen LogP) is 3.62. The minimum Gasteiger partial charge on any atom is -0.454 e. The number of ether oxygens (including phenoxy) is 2. The second-order valence-corrected chi connectivity index (χ2v) is 9.14. The van der Waals surface area contributed by atoms with Crippen molar-refractivity contribution in [3.8, 4) is 11.5 Å². The molecule has 3 rings (SSSR count). The maximum Gasteiger partial charge on any atom is 0.231 e. The van der Waals surface area contributed by atoms with Crippen molar-refractivity contribution in [1.82, 2.24) is 4.90 Å². The monoisotopic (exact) mass is 402 g/mol. The Kier molecular flexibility index (Phi) is 6.15. The van der Waals surface area contributed by atoms with Crippen LogP contribution in [0.5, 0.6) is 11.5 Å². The van der Waals surface area contributed by atoms with Gasteiger partial charge in [-0.2, -0.15) is 0 Å². The van der Waals surface area contributed by atoms with Crippen LogP contribution in [0.3, 0.4) is 0 Å². The topological polar surface area (TPSA) is 84.9 Å². The molecule has 1 saturated heterocycles. The first-order valence-electron chi connectivity index (χ1n) is 10.1. The minimum absolute atomic E-state index is 0.0517. The molecule has 0 aliphatic carbocycles. The van der Waals surface area contributed by atoms with Crippen LogP contribution in [0.25, 0.3) is 0 Å². The number of piperidine rings is 1. The Labute approximate surface area is 171 Å². The highest BCUT2D eigenvalue weighted by molar-refractivity contribution is 6.04. The number of nitrogens with zero attached hydrogens (tertiary/aromatic N) is 1. The summed E-state index contributed by atoms with van der Waals surface area (Å²) in [6.07, 6.45) is 2.63. The number of amides is 2. The highest BCUT2D eigenvalue weighted by Gasteiger charge is 2.28. The van der Waals surface area contributed by atoms with E-state index in [2.05, 4.69) is 26.1 Å². The fourth-order valence-electron chi connectivity index (χ4n) is 3.82. The lowest BCUT2D eigenvalue weighted by atomic mass is 9.89. The van der Waals surface area contributed by atoms with Crippen molar-refractivity contribution in [3.63, 3.8) is 0 Å². The van der Waals surface area contributed by atoms with Gasteiger partial charge in [0.2, 0.25) is 18.6 Å². The molecule has 1 atom stereocenters. The van der Waals surface area contributed by atoms with Crippen molar-refractivity contribution in [2.75, 3.05) is 25.2 Å². The second kappa shape index (κ2) is 8.43. The number of hydrogen-bond acceptors (Lipinski definition) is 5. The standard InChI is InChI=1S/C22H30N2O5/c1-14(25)16-9-18-19(29-13-28-18)10-17(16)23-20(26)8-15-6-5-7-24(12-15)21(27)11-22(2,3)4/h9-10,15H,5-8,11-13H2,1-4H3,(H,23,26). The molecule has 1 N–H and O–H groups in total. The number of carbonyl (C=O) groups excluding carboxylic acids is 3. The zero-order chi connectivity index (χ0) is 21.2. The first-order valence-corrected chi connectivity index (χ1v) is 10.1. The zero-order valence-corrected chi connectivity index (χ0v) is 17.7. The molecule has 0 radical (unpaired) electrons. The maximum absolute atomic E-state index is 12.7. The SMILES string of the molecule is CC(=O)c1cc2c(cc1NC(=O)CC1CCCN(C(=O)CC(C)(C)C)C1)OCO2. The summed E-state index contributed by atoms with van der Waals surface area (Å²) in [6, 6.07) is 3.24. The van der Waals surface area contributed by atoms with Crippen LogP contribution in [0.15, 0.2) is 12.1 Å². The van der Waals surface area contributed by atoms with Crippen molar-refractivity contribution in [2.45, 2.75) is 53.4 Å². The van der Waals surface area contributed by atoms with E-state index in [1.807, 2.05) is 4.90 Å². The summed E-state index contributed by atoms with van der Waals surface area (Å²) in [7, 11) is 0. The Bertz CT molecular complexity index is 812. The summed E-state index contributed by atoms with van der Waals surface area (Å²) in [5, 5.41) is 2.85. The third-order valence-corrected chi connectivity index (χ3v) is 5.19. The molecule has 0 bridgehead atoms. The van der Waals surface area contributed by atoms with E-state index in [0.29, 0.717) is 42.1 Å². The largest absolute Gasteiger partial charge is 0.454 e. The molecule has 2 heterocycles. The van der Waals surface area contributed by atoms with Crippen LogP contribution in [-0.4, -0.2) is 42.4 Å². The molecule has 1 fully saturated rings. The van der Waals surface area contributed by atoms with Gasteiger partial charge in [0.1, 0.15) is 0 Å². The first-order chi connectivity index (χ1) is 13.6. The molecule has 0 saturated carbocycles. The number of anilines is 1. The van der Waals surface area contributed by atoms with Crippen LogP contribution in [0, 0.1) is 11.3 Å². The number of fused-ring (bicyclic) bond motifs is 1. The Hall–Kier alpha value is -2.57. The van der Waals surface area contributed by atoms with Gasteiger partial charge in [0.15, 0.2) is 17.3 Å². The van der Waals surface area contributed by atoms with Gasteiger partial charge >= 0.3 is 0 Å². The molecule has 2 aliphatic heterocycles. The number of ketones is 1. The van der Waals surface area contributed by atoms with Crippen LogP contribution < -0.4 is 14.8 Å². The smallest absolute Gasteiger partial charge is 0.231 e. The first kappa shape index (κ1) is 21.1. The van der Waals surface area contributed by atoms with Gasteiger partial charge in [-0.05, 0) is 37.2 Å². The van der Waals surface area contributed by atoms with E-state index in [-0.39, 0.29) is 35.7 Å². The summed E-state index contributed by atoms with van der Waals surface area (Å²) in [5.41, 5.74) is 0.778. The van der Waals surface area contributed by atoms with Gasteiger partial charge in [-0.25, -0.2) is 0 Å². The summed E-state index contributed by atoms with van der Waals surface area (Å²) in [4.78, 5) is 39.1. The molecule has 1 aromatic carbocycles. The van der Waals surface area contributed by atoms with Gasteiger partial charge in [-0.1, -0.05) is 20.8 Å². The van der Waals surface area contributed by atoms with E-state index in [1.165, 1.54) is 6.92 Å². The molecule has 7 heteroatoms. The van der Waals surface area contributed by atoms with Gasteiger partial charge in [-0.3, -0.25) is 14.4 Å². The maximum atomic E-state index is 12.7. The van der Waals surface area contributed by atoms with Crippen molar-refractivity contribution in [1.29, 1.82) is 0 Å². The number of likely N-dealkylation sites (tertiary alicyclic amines) is 1. The fourth-order valence-corrected chi connectivity index (χ4v) is 3.82. The number of benzene rings is 1. The molecule has 158 valence electrons. The molecule has 0 spiro atoms. The number of rotatable bonds is 5. The zero-order valence-electron chi connectivity index (χ0n) is 17.7. The lowest BCUT2D eigenvalue weighted by Gasteiger charge is -2.34. The van der Waals surface area contributed by atoms with Gasteiger partial charge in [0.25, 0.3) is 0 Å². The molecule has 1 aromatic rings. The average molecular weight is 402 g/mol. The summed E-state index contributed by atoms with van der Waals surface area (Å²) >= 11 is 0. The molecule has 2 aliphatic rings. The Balaban J connectivity index is 1.62. The van der Waals surface area contributed by atoms with Crippen molar-refractivity contribution >= 4 is 23.3 Å². The average Bonchev–Trinajstić information content (AvgIpc) is 3.07. The molecular weight excluding hydrogens is 372 g/mol. The Morgan fingerprint density at radius 3 is 2.52 bits per heavy atom. The van der Waals surface area contributed by atoms with Crippen molar-refractivity contribution in [3.05, 3.63) is 17.7 Å². The summed E-state index contributed by atoms with van der Waals surface area (Å²) in [6.45, 7) is 9.07. The molecule has 7 nitrogen and oxygen atoms in total. The van der Waals surface area contributed by atoms with Crippen LogP contribution in [0.4, 0.5) is 5.69 Å². The van der Waals surface area contributed by atoms with E-state index < -0.39 is 0 Å². The van der Waals surface area contributed by atoms with Gasteiger partial charge in [-0.15, -0.1) is 0 Å². The number of hydrogen-bond donors (Lipinski definition) is 1. The van der Waals surface area contributed by atoms with Crippen molar-refractivity contribution < 1.29 is 23.9 Å². The highest BCUT2D eigenvalue weighted by Crippen LogP contribution is 2.37. The molecular formula is C22H30N2O5. The predicted molar refractivity (Wildman–Crippen MR) is 109 cm³/mol. The Morgan fingerprint density at radius 1 is 1.17 bits per heavy atom. The molecule has 29 heavy (non-hydrogen) atoms. The van der Waals surface area contributed by atoms with E-state index in [9.17, 15) is 14.4 Å². The van der Waals surface area contributed by atoms with Crippen LogP contribution in [0.1, 0.15) is 63.7 Å². The molecule has 1 unspecified atom stereocenters. The van der Waals surface area contributed by atoms with Gasteiger partial charge in [0, 0.05) is 37.6 Å². The van der Waals surface area contributed by atoms with Crippen LogP contribution in [0.2, 0.25) is 0 Å². The van der Waals surface area contributed by atoms with E-state index >= 15 is 0 Å². The van der Waals surface area contributed by atoms with Gasteiger partial charge < -0.3 is 19.7 Å². The summed E-state index contributed by atoms with van der Waals surface area (Å²) in [5.74, 6) is 0.965. The summed E-state index contributed by atoms with van der Waals surface area (Å²) < 4.78 is 10.7. The second-order valence-electron chi connectivity index (χ2n) is 9.14. The number of nitrogens with one attached hydrogen (secondary N) is 1. The highest BCUT2D eigenvalue weighted by atomic mass is 16.7. The van der Waals surface area contributed by atoms with Crippen LogP contribution >= 0.6 is 0 Å². The quantitative estimate of drug-likeness (QED) is 0.761. The minimum atomic E-state index is -0.165. The van der Waals surface area contributed by atoms with E-state index in [0.717, 1.165) is 19.4 Å². The molecule has 2 amide bonds. The lowest BCUT2D eigenvalue weighted by molar-refractivity contribution is -0.135. The lowest BCUT2D eigenvalue weighted by Crippen LogP contribution is -2.42. The third kappa shape index (κ3) is 5.49. The van der Waals surface area contributed by atoms with E-state index in [1.54, 1.807) is 12.1 Å². The van der Waals surface area contributed by atoms with Crippen LogP contribution in [-0.2, 0) is 9.59 Å². The normalized spacial score (nSPS) is 18.5. The number of carbonyl (C=O) groups is 3. The van der Waals surface area contributed by atoms with Crippen molar-refractivity contribution in [2.24, 2.45) is 11.3 Å². The van der Waals surface area contributed by atoms with Gasteiger partial charge in [0.05, 0.1) is 5.69 Å². The Morgan fingerprint density at radius 2 is 1.86 bits per heavy atom. The van der Waals surface area contributed by atoms with E-state index in [4.69, 9.17) is 9.47 Å². The third-order valence-electron chi connectivity index (χ3n) is 5.19.